The van der Waals surface area contributed by atoms with Crippen molar-refractivity contribution in [3.05, 3.63) is 42.1 Å². The number of benzene rings is 1. The molecule has 0 aliphatic carbocycles. The van der Waals surface area contributed by atoms with Gasteiger partial charge in [-0.2, -0.15) is 0 Å². The number of esters is 3. The lowest BCUT2D eigenvalue weighted by Crippen LogP contribution is -2.66. The topological polar surface area (TPSA) is 222 Å². The van der Waals surface area contributed by atoms with Crippen LogP contribution in [-0.2, 0) is 63.5 Å². The zero-order valence-corrected chi connectivity index (χ0v) is 43.0. The van der Waals surface area contributed by atoms with Crippen molar-refractivity contribution in [2.24, 2.45) is 11.8 Å². The van der Waals surface area contributed by atoms with E-state index in [4.69, 9.17) is 37.9 Å². The van der Waals surface area contributed by atoms with Gasteiger partial charge in [0.05, 0.1) is 42.4 Å². The van der Waals surface area contributed by atoms with Crippen molar-refractivity contribution in [2.75, 3.05) is 41.3 Å². The first kappa shape index (κ1) is 57.2. The van der Waals surface area contributed by atoms with Gasteiger partial charge >= 0.3 is 17.9 Å². The molecule has 3 aliphatic rings. The molecule has 1 aromatic carbocycles. The summed E-state index contributed by atoms with van der Waals surface area (Å²) in [4.78, 5) is 60.5. The molecule has 2 aromatic rings. The van der Waals surface area contributed by atoms with Gasteiger partial charge in [0, 0.05) is 50.9 Å². The summed E-state index contributed by atoms with van der Waals surface area (Å²) >= 11 is 0. The van der Waals surface area contributed by atoms with Crippen LogP contribution < -0.4 is 0 Å². The molecule has 3 N–H and O–H groups in total. The first-order chi connectivity index (χ1) is 33.3. The van der Waals surface area contributed by atoms with Crippen molar-refractivity contribution in [3.63, 3.8) is 0 Å². The van der Waals surface area contributed by atoms with E-state index in [-0.39, 0.29) is 38.0 Å². The van der Waals surface area contributed by atoms with Gasteiger partial charge in [-0.3, -0.25) is 19.4 Å². The highest BCUT2D eigenvalue weighted by molar-refractivity contribution is 5.81. The van der Waals surface area contributed by atoms with Crippen molar-refractivity contribution in [1.29, 1.82) is 0 Å². The third kappa shape index (κ3) is 15.4. The number of fused-ring (bicyclic) bond motifs is 1. The molecule has 18 heteroatoms. The van der Waals surface area contributed by atoms with E-state index in [9.17, 15) is 34.5 Å². The minimum atomic E-state index is -1.50. The van der Waals surface area contributed by atoms with Crippen LogP contribution in [-0.4, -0.2) is 181 Å². The SMILES string of the molecule is CCC(=O)O[C@@H]1CC(=O)O[C@@H](CCCc2ccnc3ccccc23)CCCN(C)C[C@H](O)[C@H](C)C[C@H](CC=O)[C@H](O[C@@H]2OC(C)[C@H](O[C@H]3CC(C)(O)[C@@H](OC(=O)CC)C(C)O3)C(N(C)C)C2O)[C@H]1OC. The fourth-order valence-electron chi connectivity index (χ4n) is 10.4. The summed E-state index contributed by atoms with van der Waals surface area (Å²) in [7, 11) is 6.86. The van der Waals surface area contributed by atoms with Crippen LogP contribution in [0.25, 0.3) is 10.9 Å². The smallest absolute Gasteiger partial charge is 0.309 e. The van der Waals surface area contributed by atoms with Crippen LogP contribution in [0.1, 0.15) is 111 Å². The molecule has 16 atom stereocenters. The molecular weight excluding hydrogens is 907 g/mol. The monoisotopic (exact) mass is 988 g/mol. The lowest BCUT2D eigenvalue weighted by molar-refractivity contribution is -0.344. The van der Waals surface area contributed by atoms with Crippen LogP contribution in [0.3, 0.4) is 0 Å². The van der Waals surface area contributed by atoms with Gasteiger partial charge in [-0.25, -0.2) is 0 Å². The third-order valence-electron chi connectivity index (χ3n) is 14.2. The Hall–Kier alpha value is -3.69. The number of rotatable bonds is 16. The normalized spacial score (nSPS) is 35.5. The van der Waals surface area contributed by atoms with Crippen LogP contribution in [0.5, 0.6) is 0 Å². The van der Waals surface area contributed by atoms with E-state index in [1.807, 2.05) is 43.1 Å². The van der Waals surface area contributed by atoms with E-state index in [0.717, 1.165) is 35.6 Å². The summed E-state index contributed by atoms with van der Waals surface area (Å²) in [6.07, 6.45) is -6.24. The number of β-amino-alcohol motifs (C(OH)–C–C–N with tert-alkyl or cyclic N) is 1. The van der Waals surface area contributed by atoms with Crippen LogP contribution in [0.2, 0.25) is 0 Å². The number of carbonyl (C=O) groups excluding carboxylic acids is 4. The van der Waals surface area contributed by atoms with Gasteiger partial charge in [0.15, 0.2) is 18.7 Å². The van der Waals surface area contributed by atoms with Crippen molar-refractivity contribution in [1.82, 2.24) is 14.8 Å². The van der Waals surface area contributed by atoms with Gasteiger partial charge < -0.3 is 67.8 Å². The average Bonchev–Trinajstić information content (AvgIpc) is 3.30. The summed E-state index contributed by atoms with van der Waals surface area (Å²) in [5.41, 5.74) is 0.554. The molecule has 5 unspecified atom stereocenters. The van der Waals surface area contributed by atoms with Crippen LogP contribution in [0.15, 0.2) is 36.5 Å². The molecule has 18 nitrogen and oxygen atoms in total. The van der Waals surface area contributed by atoms with E-state index in [0.29, 0.717) is 32.4 Å². The summed E-state index contributed by atoms with van der Waals surface area (Å²) in [5.74, 6) is -2.75. The molecule has 3 fully saturated rings. The molecule has 3 saturated heterocycles. The van der Waals surface area contributed by atoms with Crippen molar-refractivity contribution >= 4 is 35.1 Å². The molecule has 0 spiro atoms. The summed E-state index contributed by atoms with van der Waals surface area (Å²) in [6, 6.07) is 9.19. The Morgan fingerprint density at radius 3 is 2.37 bits per heavy atom. The van der Waals surface area contributed by atoms with Gasteiger partial charge in [0.1, 0.15) is 42.4 Å². The van der Waals surface area contributed by atoms with Gasteiger partial charge in [-0.05, 0) is 117 Å². The number of aldehydes is 1. The Kier molecular flexibility index (Phi) is 21.9. The Labute approximate surface area is 413 Å². The zero-order valence-electron chi connectivity index (χ0n) is 43.0. The lowest BCUT2D eigenvalue weighted by atomic mass is 9.82. The largest absolute Gasteiger partial charge is 0.462 e. The Balaban J connectivity index is 1.43. The predicted molar refractivity (Wildman–Crippen MR) is 258 cm³/mol. The zero-order chi connectivity index (χ0) is 51.3. The predicted octanol–water partition coefficient (Wildman–Crippen LogP) is 4.53. The third-order valence-corrected chi connectivity index (χ3v) is 14.2. The maximum absolute atomic E-state index is 14.2. The van der Waals surface area contributed by atoms with E-state index >= 15 is 0 Å². The number of para-hydroxylation sites is 1. The van der Waals surface area contributed by atoms with Gasteiger partial charge in [0.25, 0.3) is 0 Å². The highest BCUT2D eigenvalue weighted by Crippen LogP contribution is 2.38. The molecule has 70 heavy (non-hydrogen) atoms. The number of aliphatic hydroxyl groups excluding tert-OH is 2. The van der Waals surface area contributed by atoms with Crippen molar-refractivity contribution in [2.45, 2.75) is 197 Å². The average molecular weight is 988 g/mol. The molecule has 5 rings (SSSR count). The van der Waals surface area contributed by atoms with E-state index in [1.54, 1.807) is 59.8 Å². The van der Waals surface area contributed by atoms with Crippen LogP contribution >= 0.6 is 0 Å². The number of ether oxygens (including phenoxy) is 8. The van der Waals surface area contributed by atoms with Crippen LogP contribution in [0.4, 0.5) is 0 Å². The standard InChI is InChI=1S/C52H81N3O15/c1-11-41(58)67-40-28-43(60)66-36(18-15-17-34-22-24-53-38-21-14-13-20-37(34)38)19-16-25-55(9)30-39(57)31(3)27-35(23-26-56)48(49(40)63-10)70-51-46(61)45(54(7)8)47(32(4)65-51)69-44-29-52(6,62)50(33(5)64-44)68-42(59)12-2/h13-14,20-22,24,26,31-33,35-36,39-40,44-51,57,61-62H,11-12,15-19,23,25,27-30H2,1-10H3/t31-,32?,33?,35+,36+,39+,40-,44+,45?,46?,47+,48+,49+,50+,51+,52?/m1/s1. The van der Waals surface area contributed by atoms with E-state index < -0.39 is 116 Å². The first-order valence-electron chi connectivity index (χ1n) is 25.2. The second-order valence-corrected chi connectivity index (χ2v) is 20.1. The van der Waals surface area contributed by atoms with Gasteiger partial charge in [0.2, 0.25) is 0 Å². The number of pyridine rings is 1. The van der Waals surface area contributed by atoms with Gasteiger partial charge in [-0.15, -0.1) is 0 Å². The number of carbonyl (C=O) groups is 4. The first-order valence-corrected chi connectivity index (χ1v) is 25.2. The molecule has 4 heterocycles. The number of methoxy groups -OCH3 is 1. The maximum Gasteiger partial charge on any atom is 0.309 e. The molecule has 0 bridgehead atoms. The minimum Gasteiger partial charge on any atom is -0.462 e. The molecule has 0 saturated carbocycles. The molecule has 0 amide bonds. The molecular formula is C52H81N3O15. The molecule has 3 aliphatic heterocycles. The molecule has 1 aromatic heterocycles. The highest BCUT2D eigenvalue weighted by atomic mass is 16.7. The number of cyclic esters (lactones) is 1. The molecule has 394 valence electrons. The highest BCUT2D eigenvalue weighted by Gasteiger charge is 2.53. The van der Waals surface area contributed by atoms with E-state index in [2.05, 4.69) is 11.1 Å². The minimum absolute atomic E-state index is 0.00827. The fourth-order valence-corrected chi connectivity index (χ4v) is 10.4. The lowest BCUT2D eigenvalue weighted by Gasteiger charge is -2.50. The Morgan fingerprint density at radius 2 is 1.70 bits per heavy atom. The number of hydrogen-bond acceptors (Lipinski definition) is 18. The van der Waals surface area contributed by atoms with E-state index in [1.165, 1.54) is 7.11 Å². The summed E-state index contributed by atoms with van der Waals surface area (Å²) < 4.78 is 50.0. The van der Waals surface area contributed by atoms with Crippen molar-refractivity contribution < 1.29 is 72.4 Å². The van der Waals surface area contributed by atoms with Gasteiger partial charge in [-0.1, -0.05) is 39.0 Å². The summed E-state index contributed by atoms with van der Waals surface area (Å²) in [6.45, 7) is 11.2. The number of aromatic nitrogens is 1. The summed E-state index contributed by atoms with van der Waals surface area (Å²) in [5, 5.41) is 36.5. The quantitative estimate of drug-likeness (QED) is 0.119. The Morgan fingerprint density at radius 1 is 0.986 bits per heavy atom. The number of aryl methyl sites for hydroxylation is 1. The number of aliphatic hydroxyl groups is 3. The number of likely N-dealkylation sites (N-methyl/N-ethyl adjacent to an activating group) is 2. The fraction of sp³-hybridized carbons (Fsp3) is 0.750. The number of nitrogens with zero attached hydrogens (tertiary/aromatic N) is 3. The van der Waals surface area contributed by atoms with Crippen molar-refractivity contribution in [3.8, 4) is 0 Å². The molecule has 0 radical (unpaired) electrons. The number of hydrogen-bond donors (Lipinski definition) is 3. The maximum atomic E-state index is 14.2. The van der Waals surface area contributed by atoms with Crippen LogP contribution in [0, 0.1) is 11.8 Å². The second-order valence-electron chi connectivity index (χ2n) is 20.1. The second kappa shape index (κ2) is 26.8. The Bertz CT molecular complexity index is 1970.